The molecule has 1 fully saturated rings. The second-order valence-electron chi connectivity index (χ2n) is 3.60. The van der Waals surface area contributed by atoms with E-state index in [-0.39, 0.29) is 0 Å². The van der Waals surface area contributed by atoms with Crippen LogP contribution in [0.2, 0.25) is 0 Å². The van der Waals surface area contributed by atoms with Crippen LogP contribution in [0.1, 0.15) is 32.1 Å². The lowest BCUT2D eigenvalue weighted by molar-refractivity contribution is -0.134. The molecule has 1 saturated carbocycles. The molecule has 0 saturated heterocycles. The van der Waals surface area contributed by atoms with Gasteiger partial charge in [-0.15, -0.1) is 0 Å². The van der Waals surface area contributed by atoms with Crippen molar-refractivity contribution in [3.63, 3.8) is 0 Å². The number of nitrogens with zero attached hydrogens (tertiary/aromatic N) is 1. The zero-order chi connectivity index (χ0) is 13.1. The molecule has 1 aliphatic rings. The van der Waals surface area contributed by atoms with Crippen molar-refractivity contribution in [2.45, 2.75) is 38.1 Å². The minimum atomic E-state index is -1.26. The fourth-order valence-corrected chi connectivity index (χ4v) is 1.48. The maximum absolute atomic E-state index is 9.55. The Morgan fingerprint density at radius 2 is 1.59 bits per heavy atom. The number of carboxylic acid groups (broad SMARTS) is 2. The summed E-state index contributed by atoms with van der Waals surface area (Å²) >= 11 is 0. The third-order valence-corrected chi connectivity index (χ3v) is 2.24. The van der Waals surface area contributed by atoms with Crippen molar-refractivity contribution < 1.29 is 19.8 Å². The molecular weight excluding hydrogens is 224 g/mol. The monoisotopic (exact) mass is 240 g/mol. The van der Waals surface area contributed by atoms with Crippen molar-refractivity contribution >= 4 is 11.9 Å². The van der Waals surface area contributed by atoms with Crippen LogP contribution >= 0.6 is 0 Å². The first-order valence-corrected chi connectivity index (χ1v) is 5.34. The minimum Gasteiger partial charge on any atom is -0.478 e. The Morgan fingerprint density at radius 1 is 1.12 bits per heavy atom. The molecule has 0 amide bonds. The first kappa shape index (κ1) is 15.0. The van der Waals surface area contributed by atoms with E-state index in [1.165, 1.54) is 32.1 Å². The van der Waals surface area contributed by atoms with E-state index in [1.807, 2.05) is 6.19 Å². The quantitative estimate of drug-likeness (QED) is 0.387. The predicted molar refractivity (Wildman–Crippen MR) is 60.0 cm³/mol. The molecule has 0 unspecified atom stereocenters. The largest absolute Gasteiger partial charge is 0.478 e. The van der Waals surface area contributed by atoms with Gasteiger partial charge in [-0.3, -0.25) is 0 Å². The van der Waals surface area contributed by atoms with Gasteiger partial charge in [0.25, 0.3) is 0 Å². The van der Waals surface area contributed by atoms with Gasteiger partial charge in [-0.2, -0.15) is 5.26 Å². The zero-order valence-corrected chi connectivity index (χ0v) is 9.43. The minimum absolute atomic E-state index is 0.490. The SMILES string of the molecule is N#CNC1CCCCC1.O=C(O)/C=C\C(=O)O. The second kappa shape index (κ2) is 9.21. The number of hydrogen-bond acceptors (Lipinski definition) is 4. The summed E-state index contributed by atoms with van der Waals surface area (Å²) in [4.78, 5) is 19.1. The molecule has 0 bridgehead atoms. The van der Waals surface area contributed by atoms with E-state index in [1.54, 1.807) is 0 Å². The van der Waals surface area contributed by atoms with Gasteiger partial charge in [-0.1, -0.05) is 19.3 Å². The molecule has 6 nitrogen and oxygen atoms in total. The smallest absolute Gasteiger partial charge is 0.328 e. The van der Waals surface area contributed by atoms with Crippen LogP contribution in [0.25, 0.3) is 0 Å². The van der Waals surface area contributed by atoms with Gasteiger partial charge in [0.1, 0.15) is 0 Å². The molecule has 1 aliphatic carbocycles. The zero-order valence-electron chi connectivity index (χ0n) is 9.43. The first-order valence-electron chi connectivity index (χ1n) is 5.34. The van der Waals surface area contributed by atoms with Crippen LogP contribution in [0.5, 0.6) is 0 Å². The summed E-state index contributed by atoms with van der Waals surface area (Å²) in [6.07, 6.45) is 9.41. The van der Waals surface area contributed by atoms with Gasteiger partial charge in [-0.25, -0.2) is 9.59 Å². The molecule has 0 atom stereocenters. The molecule has 1 rings (SSSR count). The van der Waals surface area contributed by atoms with E-state index < -0.39 is 11.9 Å². The van der Waals surface area contributed by atoms with Gasteiger partial charge in [0.2, 0.25) is 0 Å². The Labute approximate surface area is 99.6 Å². The lowest BCUT2D eigenvalue weighted by atomic mass is 9.96. The van der Waals surface area contributed by atoms with E-state index in [9.17, 15) is 9.59 Å². The molecule has 0 heterocycles. The number of nitrogens with one attached hydrogen (secondary N) is 1. The van der Waals surface area contributed by atoms with Gasteiger partial charge in [-0.05, 0) is 12.8 Å². The molecule has 0 aromatic heterocycles. The van der Waals surface area contributed by atoms with Crippen LogP contribution in [0.4, 0.5) is 0 Å². The lowest BCUT2D eigenvalue weighted by Gasteiger charge is -2.19. The first-order chi connectivity index (χ1) is 8.06. The molecule has 0 aliphatic heterocycles. The molecular formula is C11H16N2O4. The normalized spacial score (nSPS) is 15.5. The Morgan fingerprint density at radius 3 is 1.94 bits per heavy atom. The van der Waals surface area contributed by atoms with Crippen LogP contribution in [0.15, 0.2) is 12.2 Å². The van der Waals surface area contributed by atoms with Crippen LogP contribution in [0, 0.1) is 11.5 Å². The summed E-state index contributed by atoms with van der Waals surface area (Å²) < 4.78 is 0. The number of carbonyl (C=O) groups is 2. The van der Waals surface area contributed by atoms with E-state index in [2.05, 4.69) is 5.32 Å². The van der Waals surface area contributed by atoms with Gasteiger partial charge in [0.15, 0.2) is 6.19 Å². The molecule has 94 valence electrons. The van der Waals surface area contributed by atoms with Crippen molar-refractivity contribution in [1.29, 1.82) is 5.26 Å². The van der Waals surface area contributed by atoms with Crippen LogP contribution in [0.3, 0.4) is 0 Å². The highest BCUT2D eigenvalue weighted by Gasteiger charge is 2.10. The molecule has 6 heteroatoms. The van der Waals surface area contributed by atoms with Gasteiger partial charge >= 0.3 is 11.9 Å². The number of rotatable bonds is 3. The number of hydrogen-bond donors (Lipinski definition) is 3. The van der Waals surface area contributed by atoms with Crippen LogP contribution in [-0.2, 0) is 9.59 Å². The third-order valence-electron chi connectivity index (χ3n) is 2.24. The fourth-order valence-electron chi connectivity index (χ4n) is 1.48. The van der Waals surface area contributed by atoms with Gasteiger partial charge in [0.05, 0.1) is 0 Å². The van der Waals surface area contributed by atoms with Crippen molar-refractivity contribution in [2.75, 3.05) is 0 Å². The van der Waals surface area contributed by atoms with E-state index >= 15 is 0 Å². The predicted octanol–water partition coefficient (Wildman–Crippen LogP) is 1.10. The van der Waals surface area contributed by atoms with Crippen molar-refractivity contribution in [3.8, 4) is 6.19 Å². The Bertz CT molecular complexity index is 298. The molecule has 0 spiro atoms. The van der Waals surface area contributed by atoms with Crippen LogP contribution in [-0.4, -0.2) is 28.2 Å². The number of aliphatic carboxylic acids is 2. The maximum Gasteiger partial charge on any atom is 0.328 e. The Kier molecular flexibility index (Phi) is 8.11. The Balaban J connectivity index is 0.000000304. The summed E-state index contributed by atoms with van der Waals surface area (Å²) in [6.45, 7) is 0. The lowest BCUT2D eigenvalue weighted by Crippen LogP contribution is -2.26. The number of nitriles is 1. The van der Waals surface area contributed by atoms with Crippen LogP contribution < -0.4 is 5.32 Å². The summed E-state index contributed by atoms with van der Waals surface area (Å²) in [5, 5.41) is 26.7. The molecule has 0 radical (unpaired) electrons. The Hall–Kier alpha value is -2.03. The van der Waals surface area contributed by atoms with Gasteiger partial charge in [0, 0.05) is 18.2 Å². The topological polar surface area (TPSA) is 110 Å². The number of carboxylic acids is 2. The third kappa shape index (κ3) is 10.3. The fraction of sp³-hybridized carbons (Fsp3) is 0.545. The molecule has 0 aromatic carbocycles. The molecule has 17 heavy (non-hydrogen) atoms. The highest BCUT2D eigenvalue weighted by atomic mass is 16.4. The van der Waals surface area contributed by atoms with Crippen molar-refractivity contribution in [3.05, 3.63) is 12.2 Å². The van der Waals surface area contributed by atoms with E-state index in [0.29, 0.717) is 18.2 Å². The second-order valence-corrected chi connectivity index (χ2v) is 3.60. The van der Waals surface area contributed by atoms with E-state index in [4.69, 9.17) is 15.5 Å². The summed E-state index contributed by atoms with van der Waals surface area (Å²) in [5.41, 5.74) is 0. The highest BCUT2D eigenvalue weighted by Crippen LogP contribution is 2.16. The summed E-state index contributed by atoms with van der Waals surface area (Å²) in [7, 11) is 0. The molecule has 3 N–H and O–H groups in total. The van der Waals surface area contributed by atoms with E-state index in [0.717, 1.165) is 0 Å². The maximum atomic E-state index is 9.55. The van der Waals surface area contributed by atoms with Crippen molar-refractivity contribution in [1.82, 2.24) is 5.32 Å². The summed E-state index contributed by atoms with van der Waals surface area (Å²) in [6, 6.07) is 0.490. The average Bonchev–Trinajstić information content (AvgIpc) is 2.29. The van der Waals surface area contributed by atoms with Crippen molar-refractivity contribution in [2.24, 2.45) is 0 Å². The summed E-state index contributed by atoms with van der Waals surface area (Å²) in [5.74, 6) is -2.51. The van der Waals surface area contributed by atoms with Gasteiger partial charge < -0.3 is 15.5 Å². The molecule has 0 aromatic rings. The highest BCUT2D eigenvalue weighted by molar-refractivity contribution is 5.89. The average molecular weight is 240 g/mol. The standard InChI is InChI=1S/C7H12N2.C4H4O4/c8-6-9-7-4-2-1-3-5-7;5-3(6)1-2-4(7)8/h7,9H,1-5H2;1-2H,(H,5,6)(H,7,8)/b;2-1-.